The van der Waals surface area contributed by atoms with E-state index in [1.54, 1.807) is 13.8 Å². The fraction of sp³-hybridized carbons (Fsp3) is 0.714. The Morgan fingerprint density at radius 3 is 1.50 bits per heavy atom. The molecule has 0 fully saturated rings. The van der Waals surface area contributed by atoms with Gasteiger partial charge in [-0.1, -0.05) is 13.8 Å². The Morgan fingerprint density at radius 1 is 1.00 bits per heavy atom. The molecule has 1 radical (unpaired) electrons. The van der Waals surface area contributed by atoms with Crippen molar-refractivity contribution < 1.29 is 26.7 Å². The van der Waals surface area contributed by atoms with Gasteiger partial charge in [0.25, 0.3) is 0 Å². The minimum atomic E-state index is 0. The smallest absolute Gasteiger partial charge is 0.139 e. The van der Waals surface area contributed by atoms with Crippen molar-refractivity contribution in [3.8, 4) is 0 Å². The molecule has 0 saturated carbocycles. The van der Waals surface area contributed by atoms with Gasteiger partial charge in [-0.05, 0) is 0 Å². The molecular weight excluding hydrogens is 180 g/mol. The van der Waals surface area contributed by atoms with Crippen molar-refractivity contribution in [3.63, 3.8) is 0 Å². The number of hydrogen-bond donors (Lipinski definition) is 0. The summed E-state index contributed by atoms with van der Waals surface area (Å²) in [6, 6.07) is 0. The van der Waals surface area contributed by atoms with Crippen molar-refractivity contribution >= 4 is 11.6 Å². The molecule has 0 amide bonds. The van der Waals surface area contributed by atoms with Crippen molar-refractivity contribution in [3.05, 3.63) is 0 Å². The van der Waals surface area contributed by atoms with Gasteiger partial charge in [0.2, 0.25) is 0 Å². The van der Waals surface area contributed by atoms with Gasteiger partial charge in [0.15, 0.2) is 0 Å². The van der Waals surface area contributed by atoms with Crippen LogP contribution in [-0.4, -0.2) is 11.6 Å². The molecule has 0 aromatic heterocycles. The summed E-state index contributed by atoms with van der Waals surface area (Å²) in [5.41, 5.74) is 0. The van der Waals surface area contributed by atoms with Crippen LogP contribution >= 0.6 is 0 Å². The van der Waals surface area contributed by atoms with Crippen LogP contribution in [0, 0.1) is 0 Å². The molecule has 3 heteroatoms. The molecule has 0 unspecified atom stereocenters. The van der Waals surface area contributed by atoms with Gasteiger partial charge in [0.05, 0.1) is 6.42 Å². The number of hydrogen-bond acceptors (Lipinski definition) is 2. The molecule has 0 bridgehead atoms. The molecule has 0 saturated heterocycles. The summed E-state index contributed by atoms with van der Waals surface area (Å²) in [5, 5.41) is 0. The summed E-state index contributed by atoms with van der Waals surface area (Å²) in [4.78, 5) is 21.1. The van der Waals surface area contributed by atoms with Gasteiger partial charge in [-0.25, -0.2) is 0 Å². The van der Waals surface area contributed by atoms with Gasteiger partial charge in [-0.15, -0.1) is 0 Å². The van der Waals surface area contributed by atoms with Gasteiger partial charge >= 0.3 is 0 Å². The average molecular weight is 192 g/mol. The fourth-order valence-corrected chi connectivity index (χ4v) is 0.470. The quantitative estimate of drug-likeness (QED) is 0.497. The minimum absolute atomic E-state index is 0. The van der Waals surface area contributed by atoms with Crippen molar-refractivity contribution in [1.29, 1.82) is 0 Å². The van der Waals surface area contributed by atoms with E-state index in [1.165, 1.54) is 0 Å². The van der Waals surface area contributed by atoms with Gasteiger partial charge < -0.3 is 0 Å². The third kappa shape index (κ3) is 5.99. The predicted octanol–water partition coefficient (Wildman–Crippen LogP) is 1.33. The van der Waals surface area contributed by atoms with Gasteiger partial charge in [-0.2, -0.15) is 0 Å². The summed E-state index contributed by atoms with van der Waals surface area (Å²) < 4.78 is 0. The molecular formula is C7H12CuO2. The summed E-state index contributed by atoms with van der Waals surface area (Å²) in [5.74, 6) is 0.0868. The SMILES string of the molecule is CCC(=O)CC(=O)CC.[Cu]. The molecule has 0 aromatic carbocycles. The van der Waals surface area contributed by atoms with E-state index in [2.05, 4.69) is 0 Å². The topological polar surface area (TPSA) is 34.1 Å². The fourth-order valence-electron chi connectivity index (χ4n) is 0.470. The van der Waals surface area contributed by atoms with Crippen LogP contribution in [0.25, 0.3) is 0 Å². The molecule has 0 atom stereocenters. The maximum atomic E-state index is 10.6. The third-order valence-electron chi connectivity index (χ3n) is 1.18. The molecule has 0 spiro atoms. The van der Waals surface area contributed by atoms with Gasteiger partial charge in [0.1, 0.15) is 11.6 Å². The van der Waals surface area contributed by atoms with Gasteiger partial charge in [0, 0.05) is 29.9 Å². The Labute approximate surface area is 71.8 Å². The number of ketones is 2. The maximum Gasteiger partial charge on any atom is 0.139 e. The van der Waals surface area contributed by atoms with Crippen LogP contribution in [0.1, 0.15) is 33.1 Å². The molecule has 0 heterocycles. The second-order valence-electron chi connectivity index (χ2n) is 1.96. The molecule has 0 aromatic rings. The number of rotatable bonds is 4. The van der Waals surface area contributed by atoms with E-state index < -0.39 is 0 Å². The number of carbonyl (C=O) groups is 2. The number of Topliss-reactive ketones (excluding diaryl/α,β-unsaturated/α-hetero) is 2. The molecule has 2 nitrogen and oxygen atoms in total. The molecule has 0 N–H and O–H groups in total. The van der Waals surface area contributed by atoms with Gasteiger partial charge in [-0.3, -0.25) is 9.59 Å². The first-order chi connectivity index (χ1) is 4.20. The van der Waals surface area contributed by atoms with Crippen LogP contribution in [0.2, 0.25) is 0 Å². The van der Waals surface area contributed by atoms with Crippen molar-refractivity contribution in [2.24, 2.45) is 0 Å². The van der Waals surface area contributed by atoms with Crippen LogP contribution < -0.4 is 0 Å². The summed E-state index contributed by atoms with van der Waals surface area (Å²) in [7, 11) is 0. The molecule has 63 valence electrons. The van der Waals surface area contributed by atoms with E-state index in [0.717, 1.165) is 0 Å². The standard InChI is InChI=1S/C7H12O2.Cu/c1-3-6(8)5-7(9)4-2;/h3-5H2,1-2H3;. The first-order valence-corrected chi connectivity index (χ1v) is 3.24. The number of carbonyl (C=O) groups excluding carboxylic acids is 2. The minimum Gasteiger partial charge on any atom is -0.299 e. The second kappa shape index (κ2) is 6.97. The van der Waals surface area contributed by atoms with Crippen molar-refractivity contribution in [2.75, 3.05) is 0 Å². The largest absolute Gasteiger partial charge is 0.299 e. The molecule has 10 heavy (non-hydrogen) atoms. The first kappa shape index (κ1) is 12.5. The van der Waals surface area contributed by atoms with Crippen LogP contribution in [-0.2, 0) is 26.7 Å². The van der Waals surface area contributed by atoms with E-state index in [9.17, 15) is 9.59 Å². The summed E-state index contributed by atoms with van der Waals surface area (Å²) in [6.07, 6.45) is 1.09. The second-order valence-corrected chi connectivity index (χ2v) is 1.96. The Bertz CT molecular complexity index is 107. The normalized spacial score (nSPS) is 8.20. The molecule has 0 aliphatic heterocycles. The maximum absolute atomic E-state index is 10.6. The molecule has 0 rings (SSSR count). The monoisotopic (exact) mass is 191 g/mol. The average Bonchev–Trinajstić information content (AvgIpc) is 1.87. The Kier molecular flexibility index (Phi) is 8.73. The van der Waals surface area contributed by atoms with Crippen LogP contribution in [0.5, 0.6) is 0 Å². The zero-order chi connectivity index (χ0) is 7.28. The summed E-state index contributed by atoms with van der Waals surface area (Å²) >= 11 is 0. The van der Waals surface area contributed by atoms with Crippen LogP contribution in [0.4, 0.5) is 0 Å². The Hall–Kier alpha value is -0.141. The third-order valence-corrected chi connectivity index (χ3v) is 1.18. The zero-order valence-electron chi connectivity index (χ0n) is 6.24. The van der Waals surface area contributed by atoms with Crippen LogP contribution in [0.3, 0.4) is 0 Å². The zero-order valence-corrected chi connectivity index (χ0v) is 7.18. The van der Waals surface area contributed by atoms with E-state index in [4.69, 9.17) is 0 Å². The Morgan fingerprint density at radius 2 is 1.30 bits per heavy atom. The van der Waals surface area contributed by atoms with Crippen LogP contribution in [0.15, 0.2) is 0 Å². The van der Waals surface area contributed by atoms with E-state index in [-0.39, 0.29) is 35.1 Å². The Balaban J connectivity index is 0. The van der Waals surface area contributed by atoms with Crippen molar-refractivity contribution in [2.45, 2.75) is 33.1 Å². The van der Waals surface area contributed by atoms with Crippen molar-refractivity contribution in [1.82, 2.24) is 0 Å². The predicted molar refractivity (Wildman–Crippen MR) is 35.2 cm³/mol. The van der Waals surface area contributed by atoms with E-state index in [0.29, 0.717) is 12.8 Å². The molecule has 0 aliphatic rings. The molecule has 0 aliphatic carbocycles. The van der Waals surface area contributed by atoms with E-state index >= 15 is 0 Å². The summed E-state index contributed by atoms with van der Waals surface area (Å²) in [6.45, 7) is 3.54. The first-order valence-electron chi connectivity index (χ1n) is 3.24. The van der Waals surface area contributed by atoms with E-state index in [1.807, 2.05) is 0 Å².